The second-order valence-electron chi connectivity index (χ2n) is 8.00. The lowest BCUT2D eigenvalue weighted by molar-refractivity contribution is 0.0952. The number of nitrogens with zero attached hydrogens (tertiary/aromatic N) is 2. The smallest absolute Gasteiger partial charge is 0.252 e. The number of rotatable bonds is 4. The molecule has 1 aliphatic carbocycles. The Labute approximate surface area is 165 Å². The van der Waals surface area contributed by atoms with Crippen molar-refractivity contribution < 1.29 is 4.79 Å². The average Bonchev–Trinajstić information content (AvgIpc) is 3.39. The van der Waals surface area contributed by atoms with Crippen molar-refractivity contribution in [3.05, 3.63) is 71.3 Å². The molecule has 0 spiro atoms. The molecule has 1 unspecified atom stereocenters. The number of aromatic nitrogens is 1. The number of carbonyl (C=O) groups is 1. The third kappa shape index (κ3) is 3.13. The maximum atomic E-state index is 12.9. The highest BCUT2D eigenvalue weighted by Crippen LogP contribution is 2.38. The Kier molecular flexibility index (Phi) is 4.27. The van der Waals surface area contributed by atoms with Crippen LogP contribution in [0.4, 0.5) is 5.82 Å². The van der Waals surface area contributed by atoms with E-state index >= 15 is 0 Å². The number of anilines is 1. The van der Waals surface area contributed by atoms with Crippen LogP contribution in [0, 0.1) is 6.92 Å². The van der Waals surface area contributed by atoms with E-state index in [2.05, 4.69) is 41.4 Å². The Hall–Kier alpha value is -2.88. The molecule has 3 aromatic rings. The minimum absolute atomic E-state index is 0.0222. The first-order chi connectivity index (χ1) is 13.7. The van der Waals surface area contributed by atoms with Crippen molar-refractivity contribution in [1.82, 2.24) is 10.3 Å². The average molecular weight is 371 g/mol. The number of carbonyl (C=O) groups excluding carboxylic acids is 1. The zero-order chi connectivity index (χ0) is 19.1. The molecule has 1 N–H and O–H groups in total. The van der Waals surface area contributed by atoms with Gasteiger partial charge in [0.25, 0.3) is 5.91 Å². The van der Waals surface area contributed by atoms with E-state index < -0.39 is 0 Å². The molecule has 142 valence electrons. The molecule has 2 aliphatic rings. The van der Waals surface area contributed by atoms with E-state index in [0.29, 0.717) is 12.1 Å². The van der Waals surface area contributed by atoms with Gasteiger partial charge in [-0.05, 0) is 55.9 Å². The van der Waals surface area contributed by atoms with E-state index in [1.165, 1.54) is 11.1 Å². The fraction of sp³-hybridized carbons (Fsp3) is 0.333. The van der Waals surface area contributed by atoms with E-state index in [-0.39, 0.29) is 5.91 Å². The van der Waals surface area contributed by atoms with Gasteiger partial charge in [0.05, 0.1) is 17.1 Å². The first-order valence-electron chi connectivity index (χ1n) is 10.2. The number of nitrogens with one attached hydrogen (secondary N) is 1. The highest BCUT2D eigenvalue weighted by molar-refractivity contribution is 6.07. The van der Waals surface area contributed by atoms with Gasteiger partial charge in [-0.3, -0.25) is 4.79 Å². The summed E-state index contributed by atoms with van der Waals surface area (Å²) in [5, 5.41) is 4.07. The summed E-state index contributed by atoms with van der Waals surface area (Å²) in [6, 6.07) is 19.2. The van der Waals surface area contributed by atoms with Crippen molar-refractivity contribution in [2.24, 2.45) is 0 Å². The minimum Gasteiger partial charge on any atom is -0.350 e. The lowest BCUT2D eigenvalue weighted by atomic mass is 9.99. The van der Waals surface area contributed by atoms with Crippen LogP contribution in [0.5, 0.6) is 0 Å². The quantitative estimate of drug-likeness (QED) is 0.718. The second-order valence-corrected chi connectivity index (χ2v) is 8.00. The van der Waals surface area contributed by atoms with Gasteiger partial charge in [-0.1, -0.05) is 42.5 Å². The Morgan fingerprint density at radius 1 is 1.07 bits per heavy atom. The molecule has 0 radical (unpaired) electrons. The third-order valence-electron chi connectivity index (χ3n) is 5.95. The molecule has 1 aromatic heterocycles. The lowest BCUT2D eigenvalue weighted by Crippen LogP contribution is -2.27. The summed E-state index contributed by atoms with van der Waals surface area (Å²) >= 11 is 0. The van der Waals surface area contributed by atoms with Gasteiger partial charge in [-0.25, -0.2) is 4.98 Å². The summed E-state index contributed by atoms with van der Waals surface area (Å²) in [5.41, 5.74) is 4.30. The number of hydrogen-bond acceptors (Lipinski definition) is 3. The summed E-state index contributed by atoms with van der Waals surface area (Å²) < 4.78 is 0. The van der Waals surface area contributed by atoms with Gasteiger partial charge < -0.3 is 10.2 Å². The highest BCUT2D eigenvalue weighted by atomic mass is 16.1. The van der Waals surface area contributed by atoms with Crippen LogP contribution in [0.1, 0.15) is 53.2 Å². The van der Waals surface area contributed by atoms with Gasteiger partial charge >= 0.3 is 0 Å². The molecular formula is C24H25N3O. The maximum Gasteiger partial charge on any atom is 0.252 e. The molecule has 1 saturated carbocycles. The first kappa shape index (κ1) is 17.2. The van der Waals surface area contributed by atoms with Crippen molar-refractivity contribution in [3.8, 4) is 0 Å². The van der Waals surface area contributed by atoms with Crippen LogP contribution >= 0.6 is 0 Å². The number of benzene rings is 2. The van der Waals surface area contributed by atoms with Gasteiger partial charge in [0.15, 0.2) is 0 Å². The van der Waals surface area contributed by atoms with Crippen LogP contribution in [0.2, 0.25) is 0 Å². The number of para-hydroxylation sites is 1. The molecule has 1 aliphatic heterocycles. The van der Waals surface area contributed by atoms with Crippen molar-refractivity contribution in [2.45, 2.75) is 44.7 Å². The van der Waals surface area contributed by atoms with Crippen molar-refractivity contribution >= 4 is 22.6 Å². The number of hydrogen-bond donors (Lipinski definition) is 1. The van der Waals surface area contributed by atoms with E-state index in [1.54, 1.807) is 0 Å². The molecule has 2 fully saturated rings. The van der Waals surface area contributed by atoms with Crippen molar-refractivity contribution in [1.29, 1.82) is 0 Å². The van der Waals surface area contributed by atoms with Gasteiger partial charge in [-0.15, -0.1) is 0 Å². The number of pyridine rings is 1. The van der Waals surface area contributed by atoms with Gasteiger partial charge in [0.2, 0.25) is 0 Å². The zero-order valence-electron chi connectivity index (χ0n) is 16.2. The fourth-order valence-electron chi connectivity index (χ4n) is 4.31. The maximum absolute atomic E-state index is 12.9. The van der Waals surface area contributed by atoms with Crippen LogP contribution < -0.4 is 10.2 Å². The highest BCUT2D eigenvalue weighted by Gasteiger charge is 2.30. The predicted octanol–water partition coefficient (Wildman–Crippen LogP) is 4.78. The molecule has 1 amide bonds. The number of aryl methyl sites for hydroxylation is 1. The standard InChI is InChI=1S/C24H25N3O/c1-16-7-2-3-8-18(16)22-11-6-14-27(22)23-15-20(24(28)25-17-12-13-17)19-9-4-5-10-21(19)26-23/h2-5,7-10,15,17,22H,6,11-14H2,1H3,(H,25,28). The summed E-state index contributed by atoms with van der Waals surface area (Å²) in [4.78, 5) is 20.2. The second kappa shape index (κ2) is 6.93. The van der Waals surface area contributed by atoms with Crippen molar-refractivity contribution in [3.63, 3.8) is 0 Å². The minimum atomic E-state index is 0.0222. The first-order valence-corrected chi connectivity index (χ1v) is 10.2. The van der Waals surface area contributed by atoms with Crippen LogP contribution in [-0.4, -0.2) is 23.5 Å². The molecule has 0 bridgehead atoms. The molecule has 4 nitrogen and oxygen atoms in total. The van der Waals surface area contributed by atoms with Crippen LogP contribution in [0.15, 0.2) is 54.6 Å². The molecule has 1 atom stereocenters. The topological polar surface area (TPSA) is 45.2 Å². The predicted molar refractivity (Wildman–Crippen MR) is 113 cm³/mol. The van der Waals surface area contributed by atoms with Crippen LogP contribution in [0.3, 0.4) is 0 Å². The summed E-state index contributed by atoms with van der Waals surface area (Å²) in [5.74, 6) is 0.930. The van der Waals surface area contributed by atoms with Crippen LogP contribution in [-0.2, 0) is 0 Å². The summed E-state index contributed by atoms with van der Waals surface area (Å²) in [7, 11) is 0. The molecule has 1 saturated heterocycles. The largest absolute Gasteiger partial charge is 0.350 e. The molecule has 28 heavy (non-hydrogen) atoms. The fourth-order valence-corrected chi connectivity index (χ4v) is 4.31. The Morgan fingerprint density at radius 3 is 2.68 bits per heavy atom. The van der Waals surface area contributed by atoms with E-state index in [0.717, 1.165) is 54.5 Å². The van der Waals surface area contributed by atoms with E-state index in [4.69, 9.17) is 4.98 Å². The van der Waals surface area contributed by atoms with Gasteiger partial charge in [-0.2, -0.15) is 0 Å². The SMILES string of the molecule is Cc1ccccc1C1CCCN1c1cc(C(=O)NC2CC2)c2ccccc2n1. The van der Waals surface area contributed by atoms with E-state index in [1.807, 2.05) is 30.3 Å². The Morgan fingerprint density at radius 2 is 1.86 bits per heavy atom. The van der Waals surface area contributed by atoms with Crippen molar-refractivity contribution in [2.75, 3.05) is 11.4 Å². The van der Waals surface area contributed by atoms with Gasteiger partial charge in [0, 0.05) is 18.0 Å². The molecule has 2 heterocycles. The number of fused-ring (bicyclic) bond motifs is 1. The monoisotopic (exact) mass is 371 g/mol. The molecule has 5 rings (SSSR count). The summed E-state index contributed by atoms with van der Waals surface area (Å²) in [6.07, 6.45) is 4.42. The Balaban J connectivity index is 1.58. The Bertz CT molecular complexity index is 1040. The lowest BCUT2D eigenvalue weighted by Gasteiger charge is -2.28. The summed E-state index contributed by atoms with van der Waals surface area (Å²) in [6.45, 7) is 3.14. The normalized spacial score (nSPS) is 19.2. The van der Waals surface area contributed by atoms with E-state index in [9.17, 15) is 4.79 Å². The number of amides is 1. The van der Waals surface area contributed by atoms with Crippen LogP contribution in [0.25, 0.3) is 10.9 Å². The molecule has 4 heteroatoms. The molecular weight excluding hydrogens is 346 g/mol. The molecule has 2 aromatic carbocycles. The van der Waals surface area contributed by atoms with Gasteiger partial charge in [0.1, 0.15) is 5.82 Å². The third-order valence-corrected chi connectivity index (χ3v) is 5.95. The zero-order valence-corrected chi connectivity index (χ0v) is 16.2.